The Bertz CT molecular complexity index is 1560. The zero-order valence-corrected chi connectivity index (χ0v) is 52.8. The van der Waals surface area contributed by atoms with Gasteiger partial charge in [-0.15, -0.1) is 0 Å². The Hall–Kier alpha value is -3.67. The number of hydrogen-bond acceptors (Lipinski definition) is 6. The van der Waals surface area contributed by atoms with Gasteiger partial charge in [-0.25, -0.2) is 0 Å². The molecule has 1 atom stereocenters. The number of rotatable bonds is 62. The molecule has 0 bridgehead atoms. The Balaban J connectivity index is 4.16. The van der Waals surface area contributed by atoms with Crippen LogP contribution in [0.15, 0.2) is 97.2 Å². The van der Waals surface area contributed by atoms with Gasteiger partial charge in [0, 0.05) is 19.3 Å². The van der Waals surface area contributed by atoms with Crippen LogP contribution in [0.25, 0.3) is 0 Å². The molecule has 0 aliphatic heterocycles. The Morgan fingerprint density at radius 2 is 0.487 bits per heavy atom. The molecule has 0 spiro atoms. The van der Waals surface area contributed by atoms with E-state index in [1.54, 1.807) is 0 Å². The van der Waals surface area contributed by atoms with Gasteiger partial charge in [-0.1, -0.05) is 291 Å². The minimum Gasteiger partial charge on any atom is -0.462 e. The topological polar surface area (TPSA) is 78.9 Å². The van der Waals surface area contributed by atoms with Crippen molar-refractivity contribution in [3.63, 3.8) is 0 Å². The van der Waals surface area contributed by atoms with Crippen LogP contribution in [0.4, 0.5) is 0 Å². The molecule has 0 fully saturated rings. The maximum atomic E-state index is 12.9. The molecule has 80 heavy (non-hydrogen) atoms. The van der Waals surface area contributed by atoms with Crippen molar-refractivity contribution in [2.75, 3.05) is 13.2 Å². The second kappa shape index (κ2) is 67.8. The molecular weight excluding hydrogens is 985 g/mol. The van der Waals surface area contributed by atoms with Gasteiger partial charge < -0.3 is 14.2 Å². The van der Waals surface area contributed by atoms with Gasteiger partial charge in [0.15, 0.2) is 6.10 Å². The largest absolute Gasteiger partial charge is 0.462 e. The van der Waals surface area contributed by atoms with Crippen LogP contribution in [0.5, 0.6) is 0 Å². The van der Waals surface area contributed by atoms with Crippen molar-refractivity contribution in [3.8, 4) is 0 Å². The second-order valence-electron chi connectivity index (χ2n) is 22.7. The average molecular weight is 1110 g/mol. The summed E-state index contributed by atoms with van der Waals surface area (Å²) in [7, 11) is 0. The van der Waals surface area contributed by atoms with E-state index in [2.05, 4.69) is 118 Å². The molecule has 0 aromatic rings. The van der Waals surface area contributed by atoms with Gasteiger partial charge in [0.25, 0.3) is 0 Å². The number of carbonyl (C=O) groups is 3. The van der Waals surface area contributed by atoms with Gasteiger partial charge >= 0.3 is 17.9 Å². The van der Waals surface area contributed by atoms with E-state index < -0.39 is 6.10 Å². The molecule has 0 aliphatic rings. The summed E-state index contributed by atoms with van der Waals surface area (Å²) < 4.78 is 16.9. The van der Waals surface area contributed by atoms with Crippen LogP contribution in [-0.4, -0.2) is 37.2 Å². The van der Waals surface area contributed by atoms with Crippen molar-refractivity contribution >= 4 is 17.9 Å². The molecule has 0 saturated carbocycles. The maximum Gasteiger partial charge on any atom is 0.306 e. The second-order valence-corrected chi connectivity index (χ2v) is 22.7. The summed E-state index contributed by atoms with van der Waals surface area (Å²) in [5.74, 6) is -0.884. The highest BCUT2D eigenvalue weighted by molar-refractivity contribution is 5.71. The predicted octanol–water partition coefficient (Wildman–Crippen LogP) is 23.6. The zero-order chi connectivity index (χ0) is 57.8. The summed E-state index contributed by atoms with van der Waals surface area (Å²) in [5, 5.41) is 0. The number of unbranched alkanes of at least 4 members (excludes halogenated alkanes) is 35. The molecule has 0 aromatic heterocycles. The van der Waals surface area contributed by atoms with Crippen molar-refractivity contribution in [1.82, 2.24) is 0 Å². The highest BCUT2D eigenvalue weighted by Crippen LogP contribution is 2.17. The fourth-order valence-corrected chi connectivity index (χ4v) is 9.67. The van der Waals surface area contributed by atoms with Gasteiger partial charge in [-0.2, -0.15) is 0 Å². The average Bonchev–Trinajstić information content (AvgIpc) is 3.46. The summed E-state index contributed by atoms with van der Waals surface area (Å²) in [4.78, 5) is 38.3. The third kappa shape index (κ3) is 65.1. The smallest absolute Gasteiger partial charge is 0.306 e. The third-order valence-electron chi connectivity index (χ3n) is 14.8. The summed E-state index contributed by atoms with van der Waals surface area (Å²) in [5.41, 5.74) is 0. The molecule has 0 saturated heterocycles. The van der Waals surface area contributed by atoms with Crippen LogP contribution in [0.3, 0.4) is 0 Å². The van der Waals surface area contributed by atoms with Gasteiger partial charge in [-0.05, 0) is 122 Å². The first kappa shape index (κ1) is 76.3. The van der Waals surface area contributed by atoms with Gasteiger partial charge in [0.2, 0.25) is 0 Å². The number of hydrogen-bond donors (Lipinski definition) is 0. The van der Waals surface area contributed by atoms with E-state index in [9.17, 15) is 14.4 Å². The lowest BCUT2D eigenvalue weighted by atomic mass is 10.0. The Morgan fingerprint density at radius 3 is 0.775 bits per heavy atom. The Morgan fingerprint density at radius 1 is 0.263 bits per heavy atom. The van der Waals surface area contributed by atoms with E-state index in [0.717, 1.165) is 109 Å². The van der Waals surface area contributed by atoms with E-state index in [4.69, 9.17) is 14.2 Å². The normalized spacial score (nSPS) is 12.7. The van der Waals surface area contributed by atoms with Crippen LogP contribution in [0.2, 0.25) is 0 Å². The first-order chi connectivity index (χ1) is 39.5. The molecule has 1 unspecified atom stereocenters. The first-order valence-corrected chi connectivity index (χ1v) is 34.2. The van der Waals surface area contributed by atoms with Gasteiger partial charge in [0.1, 0.15) is 13.2 Å². The Kier molecular flexibility index (Phi) is 64.7. The lowest BCUT2D eigenvalue weighted by molar-refractivity contribution is -0.167. The molecule has 0 aliphatic carbocycles. The summed E-state index contributed by atoms with van der Waals surface area (Å²) in [6.07, 6.45) is 91.5. The minimum absolute atomic E-state index is 0.0800. The van der Waals surface area contributed by atoms with Crippen LogP contribution in [0.1, 0.15) is 335 Å². The number of carbonyl (C=O) groups excluding carboxylic acids is 3. The predicted molar refractivity (Wildman–Crippen MR) is 348 cm³/mol. The molecule has 0 N–H and O–H groups in total. The van der Waals surface area contributed by atoms with E-state index >= 15 is 0 Å². The SMILES string of the molecule is CC/C=C\C/C=C\C/C=C\C/C=C\C/C=C\CCCCCCCCCCCCCCCCCCCC(=O)OCC(COC(=O)CCCCCCC/C=C\CCCCC)OC(=O)CCCCCCCCC/C=C\C/C=C\CCCCC. The zero-order valence-electron chi connectivity index (χ0n) is 52.8. The van der Waals surface area contributed by atoms with E-state index in [0.29, 0.717) is 19.3 Å². The third-order valence-corrected chi connectivity index (χ3v) is 14.8. The fraction of sp³-hybridized carbons (Fsp3) is 0.743. The van der Waals surface area contributed by atoms with Gasteiger partial charge in [-0.3, -0.25) is 14.4 Å². The highest BCUT2D eigenvalue weighted by atomic mass is 16.6. The summed E-state index contributed by atoms with van der Waals surface area (Å²) in [6.45, 7) is 6.49. The number of esters is 3. The molecule has 0 rings (SSSR count). The standard InChI is InChI=1S/C74H128O6/c1-4-7-10-13-16-19-22-25-27-29-30-31-32-33-34-35-36-37-38-39-40-41-42-43-44-46-47-49-52-55-58-61-64-67-73(76)79-70-71(69-78-72(75)66-63-60-57-54-51-24-21-18-15-12-9-6-3)80-74(77)68-65-62-59-56-53-50-48-45-28-26-23-20-17-14-11-8-5-2/h7,10,16-21,25-28,30-31,33-34,71H,4-6,8-9,11-15,22-24,29,32,35-70H2,1-3H3/b10-7-,19-16-,20-17-,21-18-,27-25-,28-26-,31-30-,34-33-. The van der Waals surface area contributed by atoms with Crippen molar-refractivity contribution < 1.29 is 28.6 Å². The first-order valence-electron chi connectivity index (χ1n) is 34.2. The molecule has 0 radical (unpaired) electrons. The van der Waals surface area contributed by atoms with Crippen LogP contribution < -0.4 is 0 Å². The monoisotopic (exact) mass is 1110 g/mol. The number of allylic oxidation sites excluding steroid dienone is 16. The lowest BCUT2D eigenvalue weighted by Gasteiger charge is -2.18. The lowest BCUT2D eigenvalue weighted by Crippen LogP contribution is -2.30. The van der Waals surface area contributed by atoms with Crippen LogP contribution in [-0.2, 0) is 28.6 Å². The molecule has 0 aromatic carbocycles. The Labute approximate surface area is 496 Å². The molecule has 0 heterocycles. The molecule has 6 heteroatoms. The summed E-state index contributed by atoms with van der Waals surface area (Å²) in [6, 6.07) is 0. The minimum atomic E-state index is -0.784. The number of ether oxygens (including phenoxy) is 3. The molecule has 6 nitrogen and oxygen atoms in total. The maximum absolute atomic E-state index is 12.9. The van der Waals surface area contributed by atoms with E-state index in [1.165, 1.54) is 186 Å². The van der Waals surface area contributed by atoms with E-state index in [1.807, 2.05) is 0 Å². The quantitative estimate of drug-likeness (QED) is 0.0261. The van der Waals surface area contributed by atoms with Crippen molar-refractivity contribution in [2.45, 2.75) is 341 Å². The van der Waals surface area contributed by atoms with Crippen LogP contribution >= 0.6 is 0 Å². The highest BCUT2D eigenvalue weighted by Gasteiger charge is 2.19. The van der Waals surface area contributed by atoms with E-state index in [-0.39, 0.29) is 31.1 Å². The van der Waals surface area contributed by atoms with Crippen molar-refractivity contribution in [1.29, 1.82) is 0 Å². The molecule has 460 valence electrons. The summed E-state index contributed by atoms with van der Waals surface area (Å²) >= 11 is 0. The van der Waals surface area contributed by atoms with Crippen molar-refractivity contribution in [3.05, 3.63) is 97.2 Å². The fourth-order valence-electron chi connectivity index (χ4n) is 9.67. The van der Waals surface area contributed by atoms with Gasteiger partial charge in [0.05, 0.1) is 0 Å². The van der Waals surface area contributed by atoms with Crippen molar-refractivity contribution in [2.24, 2.45) is 0 Å². The van der Waals surface area contributed by atoms with Crippen LogP contribution in [0, 0.1) is 0 Å². The molecule has 0 amide bonds. The molecular formula is C74H128O6.